The lowest BCUT2D eigenvalue weighted by atomic mass is 9.91. The van der Waals surface area contributed by atoms with Crippen LogP contribution in [0.5, 0.6) is 0 Å². The molecular weight excluding hydrogens is 599 g/mol. The molecule has 3 N–H and O–H groups in total. The summed E-state index contributed by atoms with van der Waals surface area (Å²) in [6.07, 6.45) is -2.93. The lowest BCUT2D eigenvalue weighted by Crippen LogP contribution is -2.37. The highest BCUT2D eigenvalue weighted by Crippen LogP contribution is 2.54. The van der Waals surface area contributed by atoms with Crippen LogP contribution in [-0.2, 0) is 16.2 Å². The van der Waals surface area contributed by atoms with E-state index in [1.54, 1.807) is 0 Å². The lowest BCUT2D eigenvalue weighted by Gasteiger charge is -2.35. The Hall–Kier alpha value is -3.20. The molecule has 43 heavy (non-hydrogen) atoms. The first kappa shape index (κ1) is 31.2. The number of piperidine rings is 1. The van der Waals surface area contributed by atoms with Gasteiger partial charge in [-0.3, -0.25) is 18.9 Å². The summed E-state index contributed by atoms with van der Waals surface area (Å²) in [5.74, 6) is -4.35. The molecule has 1 aliphatic heterocycles. The minimum Gasteiger partial charge on any atom is -0.395 e. The molecular formula is C28H33F5N4O5S. The molecule has 1 spiro atoms. The van der Waals surface area contributed by atoms with Gasteiger partial charge in [0.15, 0.2) is 0 Å². The third-order valence-corrected chi connectivity index (χ3v) is 9.97. The molecule has 5 rings (SSSR count). The van der Waals surface area contributed by atoms with E-state index in [-0.39, 0.29) is 29.5 Å². The summed E-state index contributed by atoms with van der Waals surface area (Å²) in [5.41, 5.74) is -2.00. The van der Waals surface area contributed by atoms with Crippen molar-refractivity contribution in [3.05, 3.63) is 51.9 Å². The Balaban J connectivity index is 1.47. The van der Waals surface area contributed by atoms with Gasteiger partial charge in [-0.25, -0.2) is 17.2 Å². The number of anilines is 3. The zero-order valence-corrected chi connectivity index (χ0v) is 24.0. The number of pyridine rings is 1. The molecule has 2 aromatic rings. The third-order valence-electron chi connectivity index (χ3n) is 8.70. The quantitative estimate of drug-likeness (QED) is 0.353. The second kappa shape index (κ2) is 11.4. The van der Waals surface area contributed by atoms with E-state index in [1.165, 1.54) is 18.2 Å². The van der Waals surface area contributed by atoms with Crippen molar-refractivity contribution in [1.29, 1.82) is 0 Å². The van der Waals surface area contributed by atoms with Gasteiger partial charge in [-0.2, -0.15) is 13.2 Å². The fourth-order valence-corrected chi connectivity index (χ4v) is 6.84. The van der Waals surface area contributed by atoms with Crippen molar-refractivity contribution < 1.29 is 40.3 Å². The van der Waals surface area contributed by atoms with Crippen LogP contribution in [0.25, 0.3) is 0 Å². The maximum Gasteiger partial charge on any atom is 0.431 e. The van der Waals surface area contributed by atoms with E-state index in [2.05, 4.69) is 10.0 Å². The SMILES string of the molecule is O=C(Nc1ccc(C(F)(F)F)n(C2CCC(F)(F)CC2)c1=O)c1ccc(NS(=O)(=O)CCO)cc1N1CCC2(CC1)CC2. The standard InChI is InChI=1S/C28H33F5N4O5S/c29-27(30)7-5-19(6-8-27)37-23(28(31,32)33)4-3-21(25(37)40)34-24(39)20-2-1-18(35-43(41,42)16-15-38)17-22(20)36-13-11-26(9-10-26)12-14-36/h1-4,17,19,35,38H,5-16H2,(H,34,39). The highest BCUT2D eigenvalue weighted by atomic mass is 32.2. The normalized spacial score (nSPS) is 20.2. The monoisotopic (exact) mass is 632 g/mol. The van der Waals surface area contributed by atoms with Gasteiger partial charge in [0.05, 0.1) is 29.3 Å². The first-order valence-electron chi connectivity index (χ1n) is 14.1. The molecule has 1 amide bonds. The van der Waals surface area contributed by atoms with Gasteiger partial charge in [-0.05, 0) is 74.3 Å². The minimum atomic E-state index is -4.93. The number of sulfonamides is 1. The van der Waals surface area contributed by atoms with Crippen LogP contribution < -0.4 is 20.5 Å². The first-order chi connectivity index (χ1) is 20.1. The smallest absolute Gasteiger partial charge is 0.395 e. The van der Waals surface area contributed by atoms with E-state index in [4.69, 9.17) is 5.11 Å². The number of nitrogens with zero attached hydrogens (tertiary/aromatic N) is 2. The van der Waals surface area contributed by atoms with Crippen molar-refractivity contribution in [2.24, 2.45) is 5.41 Å². The Morgan fingerprint density at radius 3 is 2.23 bits per heavy atom. The summed E-state index contributed by atoms with van der Waals surface area (Å²) < 4.78 is 96.4. The van der Waals surface area contributed by atoms with Crippen LogP contribution in [0.15, 0.2) is 35.1 Å². The number of rotatable bonds is 8. The maximum absolute atomic E-state index is 13.9. The van der Waals surface area contributed by atoms with Gasteiger partial charge in [0.1, 0.15) is 11.4 Å². The van der Waals surface area contributed by atoms with Crippen LogP contribution in [0.3, 0.4) is 0 Å². The van der Waals surface area contributed by atoms with Crippen LogP contribution in [-0.4, -0.2) is 55.4 Å². The number of carbonyl (C=O) groups excluding carboxylic acids is 1. The number of alkyl halides is 5. The molecule has 0 bridgehead atoms. The van der Waals surface area contributed by atoms with Crippen LogP contribution >= 0.6 is 0 Å². The molecule has 0 atom stereocenters. The molecule has 15 heteroatoms. The van der Waals surface area contributed by atoms with E-state index in [1.807, 2.05) is 4.90 Å². The Bertz CT molecular complexity index is 1540. The van der Waals surface area contributed by atoms with E-state index < -0.39 is 76.2 Å². The van der Waals surface area contributed by atoms with Gasteiger partial charge in [-0.15, -0.1) is 0 Å². The minimum absolute atomic E-state index is 0.0695. The third kappa shape index (κ3) is 6.97. The van der Waals surface area contributed by atoms with Gasteiger partial charge in [0.25, 0.3) is 11.5 Å². The molecule has 0 unspecified atom stereocenters. The number of hydrogen-bond acceptors (Lipinski definition) is 6. The number of aliphatic hydroxyl groups is 1. The predicted molar refractivity (Wildman–Crippen MR) is 150 cm³/mol. The molecule has 0 radical (unpaired) electrons. The van der Waals surface area contributed by atoms with Crippen molar-refractivity contribution in [2.75, 3.05) is 40.4 Å². The number of nitrogens with one attached hydrogen (secondary N) is 2. The van der Waals surface area contributed by atoms with Gasteiger partial charge in [0.2, 0.25) is 15.9 Å². The van der Waals surface area contributed by atoms with E-state index in [9.17, 15) is 40.0 Å². The van der Waals surface area contributed by atoms with E-state index >= 15 is 0 Å². The van der Waals surface area contributed by atoms with Gasteiger partial charge in [-0.1, -0.05) is 0 Å². The van der Waals surface area contributed by atoms with E-state index in [0.29, 0.717) is 29.4 Å². The van der Waals surface area contributed by atoms with Crippen LogP contribution in [0, 0.1) is 5.41 Å². The number of carbonyl (C=O) groups is 1. The number of aromatic nitrogens is 1. The Labute approximate surface area is 245 Å². The summed E-state index contributed by atoms with van der Waals surface area (Å²) in [6, 6.07) is 4.56. The zero-order chi connectivity index (χ0) is 31.2. The molecule has 3 aliphatic rings. The second-order valence-electron chi connectivity index (χ2n) is 11.7. The average molecular weight is 633 g/mol. The molecule has 2 heterocycles. The predicted octanol–water partition coefficient (Wildman–Crippen LogP) is 4.98. The largest absolute Gasteiger partial charge is 0.431 e. The van der Waals surface area contributed by atoms with Gasteiger partial charge in [0, 0.05) is 32.0 Å². The second-order valence-corrected chi connectivity index (χ2v) is 13.6. The van der Waals surface area contributed by atoms with Crippen molar-refractivity contribution >= 4 is 33.0 Å². The molecule has 1 aromatic carbocycles. The summed E-state index contributed by atoms with van der Waals surface area (Å²) in [5, 5.41) is 11.5. The first-order valence-corrected chi connectivity index (χ1v) is 15.8. The lowest BCUT2D eigenvalue weighted by molar-refractivity contribution is -0.145. The van der Waals surface area contributed by atoms with Crippen molar-refractivity contribution in [2.45, 2.75) is 69.5 Å². The van der Waals surface area contributed by atoms with Gasteiger partial charge < -0.3 is 15.3 Å². The Morgan fingerprint density at radius 2 is 1.65 bits per heavy atom. The molecule has 2 aliphatic carbocycles. The highest BCUT2D eigenvalue weighted by Gasteiger charge is 2.45. The van der Waals surface area contributed by atoms with Crippen LogP contribution in [0.4, 0.5) is 39.0 Å². The van der Waals surface area contributed by atoms with Crippen molar-refractivity contribution in [3.8, 4) is 0 Å². The topological polar surface area (TPSA) is 121 Å². The number of aliphatic hydroxyl groups excluding tert-OH is 1. The number of benzene rings is 1. The molecule has 2 saturated carbocycles. The Morgan fingerprint density at radius 1 is 1.00 bits per heavy atom. The molecule has 9 nitrogen and oxygen atoms in total. The highest BCUT2D eigenvalue weighted by molar-refractivity contribution is 7.92. The summed E-state index contributed by atoms with van der Waals surface area (Å²) >= 11 is 0. The van der Waals surface area contributed by atoms with E-state index in [0.717, 1.165) is 31.7 Å². The zero-order valence-electron chi connectivity index (χ0n) is 23.2. The number of amides is 1. The fraction of sp³-hybridized carbons (Fsp3) is 0.571. The van der Waals surface area contributed by atoms with Crippen LogP contribution in [0.2, 0.25) is 0 Å². The maximum atomic E-state index is 13.9. The number of halogens is 5. The number of hydrogen-bond donors (Lipinski definition) is 3. The molecule has 236 valence electrons. The van der Waals surface area contributed by atoms with Crippen molar-refractivity contribution in [3.63, 3.8) is 0 Å². The molecule has 1 saturated heterocycles. The Kier molecular flexibility index (Phi) is 8.26. The summed E-state index contributed by atoms with van der Waals surface area (Å²) in [6.45, 7) is 0.587. The van der Waals surface area contributed by atoms with Crippen molar-refractivity contribution in [1.82, 2.24) is 4.57 Å². The summed E-state index contributed by atoms with van der Waals surface area (Å²) in [7, 11) is -3.87. The molecule has 3 fully saturated rings. The summed E-state index contributed by atoms with van der Waals surface area (Å²) in [4.78, 5) is 28.8. The van der Waals surface area contributed by atoms with Crippen LogP contribution in [0.1, 0.15) is 73.5 Å². The fourth-order valence-electron chi connectivity index (χ4n) is 6.01. The molecule has 1 aromatic heterocycles. The average Bonchev–Trinajstić information content (AvgIpc) is 3.68. The van der Waals surface area contributed by atoms with Gasteiger partial charge >= 0.3 is 6.18 Å².